The molecule has 1 heterocycles. The molecule has 2 N–H and O–H groups in total. The molecule has 0 amide bonds. The molecule has 0 saturated heterocycles. The van der Waals surface area contributed by atoms with Gasteiger partial charge < -0.3 is 10.8 Å². The summed E-state index contributed by atoms with van der Waals surface area (Å²) >= 11 is 0. The number of nitrogens with zero attached hydrogens (tertiary/aromatic N) is 3. The van der Waals surface area contributed by atoms with Gasteiger partial charge >= 0.3 is 0 Å². The van der Waals surface area contributed by atoms with Gasteiger partial charge in [-0.15, -0.1) is 0 Å². The number of hydrogen-bond acceptors (Lipinski definition) is 3. The first kappa shape index (κ1) is 17.0. The highest BCUT2D eigenvalue weighted by atomic mass is 19.3. The fourth-order valence-electron chi connectivity index (χ4n) is 4.23. The third-order valence-electron chi connectivity index (χ3n) is 5.22. The molecule has 1 aromatic heterocycles. The third kappa shape index (κ3) is 2.28. The van der Waals surface area contributed by atoms with Gasteiger partial charge in [0.2, 0.25) is 5.92 Å². The second-order valence-corrected chi connectivity index (χ2v) is 7.26. The van der Waals surface area contributed by atoms with Crippen LogP contribution < -0.4 is 5.43 Å². The summed E-state index contributed by atoms with van der Waals surface area (Å²) in [6.07, 6.45) is 1.21. The fraction of sp³-hybridized carbons (Fsp3) is 0.733. The van der Waals surface area contributed by atoms with E-state index >= 15 is 0 Å². The molecule has 0 radical (unpaired) electrons. The highest BCUT2D eigenvalue weighted by molar-refractivity contribution is 6.33. The van der Waals surface area contributed by atoms with Crippen molar-refractivity contribution in [1.29, 1.82) is 5.41 Å². The molecular formula is C15H21F4N5. The number of rotatable bonds is 5. The van der Waals surface area contributed by atoms with E-state index in [1.165, 1.54) is 7.05 Å². The lowest BCUT2D eigenvalue weighted by Gasteiger charge is -2.54. The first-order valence-electron chi connectivity index (χ1n) is 7.75. The van der Waals surface area contributed by atoms with Gasteiger partial charge in [-0.2, -0.15) is 5.10 Å². The van der Waals surface area contributed by atoms with Crippen LogP contribution in [0.4, 0.5) is 17.6 Å². The van der Waals surface area contributed by atoms with Crippen LogP contribution in [-0.2, 0) is 18.0 Å². The van der Waals surface area contributed by atoms with E-state index < -0.39 is 35.6 Å². The Morgan fingerprint density at radius 1 is 1.21 bits per heavy atom. The minimum atomic E-state index is -2.82. The molecule has 5 nitrogen and oxygen atoms in total. The van der Waals surface area contributed by atoms with E-state index in [1.54, 1.807) is 29.5 Å². The lowest BCUT2D eigenvalue weighted by molar-refractivity contribution is -0.140. The number of alkyl halides is 4. The van der Waals surface area contributed by atoms with Crippen molar-refractivity contribution >= 4 is 11.9 Å². The van der Waals surface area contributed by atoms with Crippen molar-refractivity contribution in [3.8, 4) is 0 Å². The largest absolute Gasteiger partial charge is 0.313 e. The predicted octanol–water partition coefficient (Wildman–Crippen LogP) is 2.86. The van der Waals surface area contributed by atoms with Gasteiger partial charge in [0, 0.05) is 57.6 Å². The summed E-state index contributed by atoms with van der Waals surface area (Å²) in [5.74, 6) is -5.49. The molecule has 3 rings (SSSR count). The Morgan fingerprint density at radius 3 is 2.12 bits per heavy atom. The normalized spacial score (nSPS) is 26.4. The van der Waals surface area contributed by atoms with E-state index in [4.69, 9.17) is 5.41 Å². The van der Waals surface area contributed by atoms with E-state index in [2.05, 4.69) is 10.5 Å². The lowest BCUT2D eigenvalue weighted by atomic mass is 9.64. The van der Waals surface area contributed by atoms with E-state index in [9.17, 15) is 17.6 Å². The average molecular weight is 347 g/mol. The van der Waals surface area contributed by atoms with E-state index in [0.29, 0.717) is 5.69 Å². The zero-order chi connectivity index (χ0) is 18.0. The Bertz CT molecular complexity index is 684. The molecule has 134 valence electrons. The third-order valence-corrected chi connectivity index (χ3v) is 5.22. The Hall–Kier alpha value is -1.80. The zero-order valence-electron chi connectivity index (χ0n) is 13.8. The molecule has 9 heteroatoms. The molecule has 24 heavy (non-hydrogen) atoms. The summed E-state index contributed by atoms with van der Waals surface area (Å²) in [7, 11) is 3.21. The van der Waals surface area contributed by atoms with Gasteiger partial charge in [0.05, 0.1) is 5.69 Å². The topological polar surface area (TPSA) is 58.1 Å². The summed E-state index contributed by atoms with van der Waals surface area (Å²) < 4.78 is 57.0. The van der Waals surface area contributed by atoms with Crippen LogP contribution in [0.2, 0.25) is 0 Å². The van der Waals surface area contributed by atoms with Crippen LogP contribution in [0.5, 0.6) is 0 Å². The van der Waals surface area contributed by atoms with Crippen molar-refractivity contribution in [2.75, 3.05) is 7.05 Å². The average Bonchev–Trinajstić information content (AvgIpc) is 2.38. The highest BCUT2D eigenvalue weighted by Crippen LogP contribution is 2.56. The maximum atomic E-state index is 13.6. The van der Waals surface area contributed by atoms with Gasteiger partial charge in [-0.1, -0.05) is 6.92 Å². The van der Waals surface area contributed by atoms with Gasteiger partial charge in [-0.25, -0.2) is 17.6 Å². The van der Waals surface area contributed by atoms with Crippen molar-refractivity contribution in [2.24, 2.45) is 12.1 Å². The van der Waals surface area contributed by atoms with Gasteiger partial charge in [0.15, 0.2) is 0 Å². The summed E-state index contributed by atoms with van der Waals surface area (Å²) in [6, 6.07) is 0. The molecule has 2 saturated carbocycles. The maximum Gasteiger partial charge on any atom is 0.253 e. The number of aromatic nitrogens is 2. The minimum Gasteiger partial charge on any atom is -0.313 e. The summed E-state index contributed by atoms with van der Waals surface area (Å²) in [6.45, 7) is 1.76. The molecular weight excluding hydrogens is 326 g/mol. The van der Waals surface area contributed by atoms with Crippen molar-refractivity contribution in [3.05, 3.63) is 11.9 Å². The monoisotopic (exact) mass is 347 g/mol. The molecule has 0 aliphatic heterocycles. The second-order valence-electron chi connectivity index (χ2n) is 7.26. The second kappa shape index (κ2) is 4.86. The first-order valence-corrected chi connectivity index (χ1v) is 7.75. The predicted molar refractivity (Wildman–Crippen MR) is 82.4 cm³/mol. The van der Waals surface area contributed by atoms with Gasteiger partial charge in [0.25, 0.3) is 5.92 Å². The standard InChI is InChI=1S/C15H21F4N5/c1-12(6-14(16,17)7-12)11-5-24(23(11)3)13(8-15(18,19)9-13)10(4-20)22-21-2/h4-5,20-21H,6-9H2,1-3H3/b20-4?,22-10+. The van der Waals surface area contributed by atoms with Crippen molar-refractivity contribution in [2.45, 2.75) is 55.4 Å². The summed E-state index contributed by atoms with van der Waals surface area (Å²) in [5.41, 5.74) is 1.68. The van der Waals surface area contributed by atoms with Gasteiger partial charge in [-0.05, 0) is 0 Å². The van der Waals surface area contributed by atoms with Crippen molar-refractivity contribution < 1.29 is 17.6 Å². The summed E-state index contributed by atoms with van der Waals surface area (Å²) in [4.78, 5) is 0. The highest BCUT2D eigenvalue weighted by Gasteiger charge is 2.63. The van der Waals surface area contributed by atoms with Gasteiger partial charge in [0.1, 0.15) is 11.3 Å². The lowest BCUT2D eigenvalue weighted by Crippen LogP contribution is -2.63. The Morgan fingerprint density at radius 2 is 1.75 bits per heavy atom. The smallest absolute Gasteiger partial charge is 0.253 e. The zero-order valence-corrected chi connectivity index (χ0v) is 13.8. The SMILES string of the molecule is CN/N=C(\C=N)C1(n2cc(C3(C)CC(F)(F)C3)n2C)CC(F)(F)C1. The van der Waals surface area contributed by atoms with Crippen molar-refractivity contribution in [3.63, 3.8) is 0 Å². The van der Waals surface area contributed by atoms with Crippen molar-refractivity contribution in [1.82, 2.24) is 14.8 Å². The Kier molecular flexibility index (Phi) is 3.45. The molecule has 0 aromatic carbocycles. The number of hydrogen-bond donors (Lipinski definition) is 2. The molecule has 0 unspecified atom stereocenters. The van der Waals surface area contributed by atoms with Crippen LogP contribution in [-0.4, -0.2) is 40.2 Å². The summed E-state index contributed by atoms with van der Waals surface area (Å²) in [5, 5.41) is 11.5. The van der Waals surface area contributed by atoms with Crippen LogP contribution in [0, 0.1) is 5.41 Å². The van der Waals surface area contributed by atoms with Gasteiger partial charge in [-0.3, -0.25) is 9.36 Å². The van der Waals surface area contributed by atoms with Crippen LogP contribution in [0.1, 0.15) is 38.3 Å². The Balaban J connectivity index is 1.94. The molecule has 2 fully saturated rings. The van der Waals surface area contributed by atoms with E-state index in [0.717, 1.165) is 6.21 Å². The minimum absolute atomic E-state index is 0.196. The molecule has 0 bridgehead atoms. The molecule has 2 aliphatic carbocycles. The van der Waals surface area contributed by atoms with E-state index in [1.807, 2.05) is 0 Å². The van der Waals surface area contributed by atoms with Crippen LogP contribution in [0.15, 0.2) is 11.3 Å². The Labute approximate surface area is 137 Å². The quantitative estimate of drug-likeness (QED) is 0.480. The molecule has 0 spiro atoms. The number of hydrazone groups is 1. The molecule has 2 aliphatic rings. The number of nitrogens with one attached hydrogen (secondary N) is 2. The van der Waals surface area contributed by atoms with Crippen LogP contribution in [0.25, 0.3) is 0 Å². The number of halogens is 4. The van der Waals surface area contributed by atoms with E-state index in [-0.39, 0.29) is 18.6 Å². The molecule has 1 aromatic rings. The first-order chi connectivity index (χ1) is 11.0. The maximum absolute atomic E-state index is 13.6. The van der Waals surface area contributed by atoms with Crippen LogP contribution in [0.3, 0.4) is 0 Å². The molecule has 0 atom stereocenters. The van der Waals surface area contributed by atoms with Crippen LogP contribution >= 0.6 is 0 Å². The fourth-order valence-corrected chi connectivity index (χ4v) is 4.23.